The molecule has 3 heterocycles. The van der Waals surface area contributed by atoms with Crippen molar-refractivity contribution in [2.75, 3.05) is 35.3 Å². The number of aromatic nitrogens is 3. The highest BCUT2D eigenvalue weighted by molar-refractivity contribution is 6.29. The van der Waals surface area contributed by atoms with Crippen molar-refractivity contribution < 1.29 is 19.1 Å². The number of anilines is 3. The van der Waals surface area contributed by atoms with E-state index in [1.165, 1.54) is 24.7 Å². The summed E-state index contributed by atoms with van der Waals surface area (Å²) in [6.45, 7) is 0.974. The lowest BCUT2D eigenvalue weighted by Gasteiger charge is -2.26. The fourth-order valence-corrected chi connectivity index (χ4v) is 3.13. The lowest BCUT2D eigenvalue weighted by atomic mass is 10.2. The average molecular weight is 453 g/mol. The number of benzene rings is 1. The van der Waals surface area contributed by atoms with Crippen LogP contribution in [0.25, 0.3) is 0 Å². The van der Waals surface area contributed by atoms with Crippen LogP contribution < -0.4 is 15.5 Å². The molecule has 0 aliphatic carbocycles. The molecule has 0 unspecified atom stereocenters. The van der Waals surface area contributed by atoms with E-state index in [0.717, 1.165) is 0 Å². The lowest BCUT2D eigenvalue weighted by Crippen LogP contribution is -2.41. The molecule has 0 saturated carbocycles. The third-order valence-electron chi connectivity index (χ3n) is 4.54. The highest BCUT2D eigenvalue weighted by atomic mass is 35.5. The van der Waals surface area contributed by atoms with Gasteiger partial charge >= 0.3 is 0 Å². The van der Waals surface area contributed by atoms with E-state index in [4.69, 9.17) is 16.3 Å². The molecule has 0 radical (unpaired) electrons. The molecule has 0 spiro atoms. The molecular weight excluding hydrogens is 436 g/mol. The highest BCUT2D eigenvalue weighted by Gasteiger charge is 2.22. The van der Waals surface area contributed by atoms with Crippen molar-refractivity contribution in [3.05, 3.63) is 71.5 Å². The van der Waals surface area contributed by atoms with Gasteiger partial charge in [-0.05, 0) is 36.4 Å². The summed E-state index contributed by atoms with van der Waals surface area (Å²) in [6.07, 6.45) is 4.03. The van der Waals surface area contributed by atoms with Crippen molar-refractivity contribution in [2.24, 2.45) is 0 Å². The summed E-state index contributed by atoms with van der Waals surface area (Å²) < 4.78 is 5.13. The first-order chi connectivity index (χ1) is 15.5. The third kappa shape index (κ3) is 4.88. The van der Waals surface area contributed by atoms with Gasteiger partial charge in [0.05, 0.1) is 18.5 Å². The van der Waals surface area contributed by atoms with Crippen LogP contribution in [-0.2, 0) is 9.53 Å². The summed E-state index contributed by atoms with van der Waals surface area (Å²) in [6, 6.07) is 9.85. The molecule has 10 nitrogen and oxygen atoms in total. The second-order valence-corrected chi connectivity index (χ2v) is 7.06. The van der Waals surface area contributed by atoms with E-state index in [9.17, 15) is 14.4 Å². The minimum atomic E-state index is -0.617. The molecular formula is C21H17ClN6O4. The van der Waals surface area contributed by atoms with Crippen LogP contribution in [0.2, 0.25) is 5.15 Å². The van der Waals surface area contributed by atoms with E-state index < -0.39 is 11.8 Å². The average Bonchev–Trinajstić information content (AvgIpc) is 2.81. The number of morpholine rings is 1. The quantitative estimate of drug-likeness (QED) is 0.569. The van der Waals surface area contributed by atoms with Crippen LogP contribution >= 0.6 is 11.6 Å². The number of hydrogen-bond acceptors (Lipinski definition) is 7. The molecule has 4 rings (SSSR count). The van der Waals surface area contributed by atoms with Crippen molar-refractivity contribution in [3.8, 4) is 0 Å². The number of carbonyl (C=O) groups is 3. The number of amides is 3. The third-order valence-corrected chi connectivity index (χ3v) is 4.76. The van der Waals surface area contributed by atoms with Crippen LogP contribution in [0, 0.1) is 0 Å². The molecule has 162 valence electrons. The van der Waals surface area contributed by atoms with E-state index in [1.54, 1.807) is 35.2 Å². The van der Waals surface area contributed by atoms with Gasteiger partial charge in [-0.1, -0.05) is 11.6 Å². The first-order valence-electron chi connectivity index (χ1n) is 9.55. The Morgan fingerprint density at radius 3 is 2.12 bits per heavy atom. The Hall–Kier alpha value is -3.89. The van der Waals surface area contributed by atoms with Gasteiger partial charge in [0.15, 0.2) is 11.4 Å². The molecule has 32 heavy (non-hydrogen) atoms. The Balaban J connectivity index is 1.47. The van der Waals surface area contributed by atoms with Crippen LogP contribution in [0.5, 0.6) is 0 Å². The van der Waals surface area contributed by atoms with E-state index in [2.05, 4.69) is 25.6 Å². The second-order valence-electron chi connectivity index (χ2n) is 6.68. The smallest absolute Gasteiger partial charge is 0.276 e. The topological polar surface area (TPSA) is 126 Å². The minimum absolute atomic E-state index is 0.0437. The molecule has 3 aromatic rings. The van der Waals surface area contributed by atoms with E-state index in [0.29, 0.717) is 30.2 Å². The van der Waals surface area contributed by atoms with Gasteiger partial charge in [-0.15, -0.1) is 0 Å². The highest BCUT2D eigenvalue weighted by Crippen LogP contribution is 2.20. The number of hydrogen-bond donors (Lipinski definition) is 2. The van der Waals surface area contributed by atoms with Crippen LogP contribution in [0.15, 0.2) is 55.0 Å². The Kier molecular flexibility index (Phi) is 6.34. The first kappa shape index (κ1) is 21.3. The molecule has 1 fully saturated rings. The summed E-state index contributed by atoms with van der Waals surface area (Å²) in [5.74, 6) is -1.35. The fraction of sp³-hybridized carbons (Fsp3) is 0.143. The van der Waals surface area contributed by atoms with Crippen molar-refractivity contribution in [1.29, 1.82) is 0 Å². The van der Waals surface area contributed by atoms with Crippen LogP contribution in [0.3, 0.4) is 0 Å². The molecule has 2 N–H and O–H groups in total. The molecule has 11 heteroatoms. The minimum Gasteiger partial charge on any atom is -0.370 e. The first-order valence-corrected chi connectivity index (χ1v) is 9.92. The monoisotopic (exact) mass is 452 g/mol. The maximum atomic E-state index is 12.8. The molecule has 0 bridgehead atoms. The number of halogens is 1. The molecule has 0 atom stereocenters. The number of rotatable bonds is 5. The summed E-state index contributed by atoms with van der Waals surface area (Å²) in [5.41, 5.74) is 1.28. The zero-order chi connectivity index (χ0) is 22.5. The molecule has 1 aliphatic rings. The maximum Gasteiger partial charge on any atom is 0.276 e. The van der Waals surface area contributed by atoms with Crippen LogP contribution in [0.1, 0.15) is 21.0 Å². The zero-order valence-corrected chi connectivity index (χ0v) is 17.4. The predicted octanol–water partition coefficient (Wildman–Crippen LogP) is 2.39. The van der Waals surface area contributed by atoms with Gasteiger partial charge in [-0.3, -0.25) is 14.4 Å². The van der Waals surface area contributed by atoms with Crippen molar-refractivity contribution in [3.63, 3.8) is 0 Å². The predicted molar refractivity (Wildman–Crippen MR) is 117 cm³/mol. The SMILES string of the molecule is O=C(Nc1ccc(N2CCOCC2=O)cc1)c1nccnc1C(=O)Nc1ccc(Cl)nc1. The van der Waals surface area contributed by atoms with E-state index in [1.807, 2.05) is 0 Å². The number of carbonyl (C=O) groups excluding carboxylic acids is 3. The van der Waals surface area contributed by atoms with E-state index in [-0.39, 0.29) is 29.1 Å². The van der Waals surface area contributed by atoms with Crippen molar-refractivity contribution in [1.82, 2.24) is 15.0 Å². The number of nitrogens with zero attached hydrogens (tertiary/aromatic N) is 4. The van der Waals surface area contributed by atoms with Gasteiger partial charge < -0.3 is 20.3 Å². The Morgan fingerprint density at radius 1 is 0.906 bits per heavy atom. The van der Waals surface area contributed by atoms with Crippen molar-refractivity contribution in [2.45, 2.75) is 0 Å². The zero-order valence-electron chi connectivity index (χ0n) is 16.6. The standard InChI is InChI=1S/C21H17ClN6O4/c22-16-6-3-14(11-25-16)27-21(31)19-18(23-7-8-24-19)20(30)26-13-1-4-15(5-2-13)28-9-10-32-12-17(28)29/h1-8,11H,9-10,12H2,(H,26,30)(H,27,31). The van der Waals surface area contributed by atoms with Gasteiger partial charge in [0.2, 0.25) is 0 Å². The second kappa shape index (κ2) is 9.50. The van der Waals surface area contributed by atoms with Crippen LogP contribution in [-0.4, -0.2) is 52.4 Å². The molecule has 2 aromatic heterocycles. The maximum absolute atomic E-state index is 12.8. The normalized spacial score (nSPS) is 13.5. The Bertz CT molecular complexity index is 1150. The van der Waals surface area contributed by atoms with Gasteiger partial charge in [-0.2, -0.15) is 0 Å². The fourth-order valence-electron chi connectivity index (χ4n) is 3.02. The number of nitrogens with one attached hydrogen (secondary N) is 2. The van der Waals surface area contributed by atoms with Gasteiger partial charge in [-0.25, -0.2) is 15.0 Å². The molecule has 1 saturated heterocycles. The summed E-state index contributed by atoms with van der Waals surface area (Å²) >= 11 is 5.75. The number of pyridine rings is 1. The Morgan fingerprint density at radius 2 is 1.53 bits per heavy atom. The van der Waals surface area contributed by atoms with E-state index >= 15 is 0 Å². The summed E-state index contributed by atoms with van der Waals surface area (Å²) in [5, 5.41) is 5.57. The lowest BCUT2D eigenvalue weighted by molar-refractivity contribution is -0.125. The van der Waals surface area contributed by atoms with Gasteiger partial charge in [0.25, 0.3) is 17.7 Å². The van der Waals surface area contributed by atoms with Crippen molar-refractivity contribution >= 4 is 46.4 Å². The molecule has 1 aliphatic heterocycles. The molecule has 3 amide bonds. The summed E-state index contributed by atoms with van der Waals surface area (Å²) in [7, 11) is 0. The van der Waals surface area contributed by atoms with Gasteiger partial charge in [0, 0.05) is 30.3 Å². The summed E-state index contributed by atoms with van der Waals surface area (Å²) in [4.78, 5) is 50.9. The molecule has 1 aromatic carbocycles. The van der Waals surface area contributed by atoms with Crippen LogP contribution in [0.4, 0.5) is 17.1 Å². The Labute approximate surface area is 187 Å². The largest absolute Gasteiger partial charge is 0.370 e. The number of ether oxygens (including phenoxy) is 1. The van der Waals surface area contributed by atoms with Gasteiger partial charge in [0.1, 0.15) is 11.8 Å².